The number of thioether (sulfide) groups is 1. The zero-order valence-electron chi connectivity index (χ0n) is 9.18. The zero-order valence-corrected chi connectivity index (χ0v) is 10.00. The minimum absolute atomic E-state index is 0.0219. The van der Waals surface area contributed by atoms with Crippen molar-refractivity contribution in [1.82, 2.24) is 4.90 Å². The molecule has 0 saturated carbocycles. The Labute approximate surface area is 99.4 Å². The van der Waals surface area contributed by atoms with Gasteiger partial charge in [-0.2, -0.15) is 0 Å². The third kappa shape index (κ3) is 2.70. The van der Waals surface area contributed by atoms with Gasteiger partial charge < -0.3 is 10.0 Å². The first kappa shape index (κ1) is 12.9. The molecule has 2 unspecified atom stereocenters. The standard InChI is InChI=1S/C11H15NO3S/c1-3-5-6-9(13)12-8(11(14)15)7-16-10(12)4-2/h1,8,10H,4-7H2,2H3,(H,14,15). The quantitative estimate of drug-likeness (QED) is 0.750. The molecule has 0 aromatic heterocycles. The lowest BCUT2D eigenvalue weighted by Crippen LogP contribution is -2.45. The molecule has 0 radical (unpaired) electrons. The van der Waals surface area contributed by atoms with Crippen molar-refractivity contribution < 1.29 is 14.7 Å². The lowest BCUT2D eigenvalue weighted by Gasteiger charge is -2.26. The number of carboxylic acid groups (broad SMARTS) is 1. The van der Waals surface area contributed by atoms with Crippen molar-refractivity contribution in [1.29, 1.82) is 0 Å². The summed E-state index contributed by atoms with van der Waals surface area (Å²) in [7, 11) is 0. The molecule has 0 aromatic rings. The molecular weight excluding hydrogens is 226 g/mol. The van der Waals surface area contributed by atoms with Crippen LogP contribution in [0, 0.1) is 12.3 Å². The minimum atomic E-state index is -0.933. The summed E-state index contributed by atoms with van der Waals surface area (Å²) in [5, 5.41) is 9.00. The molecule has 5 heteroatoms. The molecule has 0 aliphatic carbocycles. The molecule has 0 aromatic carbocycles. The fraction of sp³-hybridized carbons (Fsp3) is 0.636. The van der Waals surface area contributed by atoms with Crippen molar-refractivity contribution >= 4 is 23.6 Å². The van der Waals surface area contributed by atoms with E-state index in [1.165, 1.54) is 16.7 Å². The summed E-state index contributed by atoms with van der Waals surface area (Å²) in [5.74, 6) is 1.78. The Hall–Kier alpha value is -1.15. The van der Waals surface area contributed by atoms with Crippen LogP contribution in [0.25, 0.3) is 0 Å². The van der Waals surface area contributed by atoms with Crippen LogP contribution in [0.1, 0.15) is 26.2 Å². The van der Waals surface area contributed by atoms with E-state index in [0.29, 0.717) is 12.2 Å². The normalized spacial score (nSPS) is 24.1. The second kappa shape index (κ2) is 5.80. The number of hydrogen-bond donors (Lipinski definition) is 1. The first-order chi connectivity index (χ1) is 7.61. The van der Waals surface area contributed by atoms with Crippen LogP contribution in [-0.4, -0.2) is 39.1 Å². The van der Waals surface area contributed by atoms with E-state index < -0.39 is 12.0 Å². The second-order valence-electron chi connectivity index (χ2n) is 3.56. The Balaban J connectivity index is 2.74. The van der Waals surface area contributed by atoms with Crippen LogP contribution < -0.4 is 0 Å². The van der Waals surface area contributed by atoms with Gasteiger partial charge in [-0.3, -0.25) is 4.79 Å². The number of aliphatic carboxylic acids is 1. The number of carbonyl (C=O) groups excluding carboxylic acids is 1. The number of terminal acetylenes is 1. The van der Waals surface area contributed by atoms with E-state index in [9.17, 15) is 9.59 Å². The molecule has 2 atom stereocenters. The number of carbonyl (C=O) groups is 2. The number of amides is 1. The largest absolute Gasteiger partial charge is 0.480 e. The van der Waals surface area contributed by atoms with Gasteiger partial charge in [0.05, 0.1) is 5.37 Å². The van der Waals surface area contributed by atoms with Crippen LogP contribution in [0.15, 0.2) is 0 Å². The molecule has 1 aliphatic heterocycles. The highest BCUT2D eigenvalue weighted by molar-refractivity contribution is 8.00. The van der Waals surface area contributed by atoms with E-state index in [1.807, 2.05) is 6.92 Å². The predicted octanol–water partition coefficient (Wildman–Crippen LogP) is 1.16. The lowest BCUT2D eigenvalue weighted by molar-refractivity contribution is -0.149. The first-order valence-electron chi connectivity index (χ1n) is 5.20. The summed E-state index contributed by atoms with van der Waals surface area (Å²) in [6.45, 7) is 1.95. The summed E-state index contributed by atoms with van der Waals surface area (Å²) in [6.07, 6.45) is 6.45. The highest BCUT2D eigenvalue weighted by Gasteiger charge is 2.40. The molecule has 1 amide bonds. The number of rotatable bonds is 4. The smallest absolute Gasteiger partial charge is 0.327 e. The second-order valence-corrected chi connectivity index (χ2v) is 4.77. The average Bonchev–Trinajstić information content (AvgIpc) is 2.69. The van der Waals surface area contributed by atoms with Crippen LogP contribution in [0.4, 0.5) is 0 Å². The van der Waals surface area contributed by atoms with E-state index in [1.54, 1.807) is 0 Å². The summed E-state index contributed by atoms with van der Waals surface area (Å²) in [6, 6.07) is -0.694. The summed E-state index contributed by atoms with van der Waals surface area (Å²) >= 11 is 1.52. The van der Waals surface area contributed by atoms with Crippen molar-refractivity contribution in [2.75, 3.05) is 5.75 Å². The number of nitrogens with zero attached hydrogens (tertiary/aromatic N) is 1. The molecule has 1 fully saturated rings. The van der Waals surface area contributed by atoms with Gasteiger partial charge in [0.2, 0.25) is 5.91 Å². The molecule has 16 heavy (non-hydrogen) atoms. The van der Waals surface area contributed by atoms with Gasteiger partial charge in [0.15, 0.2) is 0 Å². The summed E-state index contributed by atoms with van der Waals surface area (Å²) in [5.41, 5.74) is 0. The molecular formula is C11H15NO3S. The molecule has 4 nitrogen and oxygen atoms in total. The van der Waals surface area contributed by atoms with E-state index in [2.05, 4.69) is 5.92 Å². The highest BCUT2D eigenvalue weighted by atomic mass is 32.2. The van der Waals surface area contributed by atoms with Gasteiger partial charge in [0, 0.05) is 18.6 Å². The van der Waals surface area contributed by atoms with Gasteiger partial charge in [-0.15, -0.1) is 24.1 Å². The molecule has 1 rings (SSSR count). The third-order valence-electron chi connectivity index (χ3n) is 2.50. The van der Waals surface area contributed by atoms with Crippen LogP contribution in [0.2, 0.25) is 0 Å². The molecule has 1 heterocycles. The fourth-order valence-corrected chi connectivity index (χ4v) is 3.08. The number of carboxylic acids is 1. The van der Waals surface area contributed by atoms with E-state index >= 15 is 0 Å². The summed E-state index contributed by atoms with van der Waals surface area (Å²) in [4.78, 5) is 24.3. The van der Waals surface area contributed by atoms with Crippen molar-refractivity contribution in [3.8, 4) is 12.3 Å². The highest BCUT2D eigenvalue weighted by Crippen LogP contribution is 2.31. The van der Waals surface area contributed by atoms with Gasteiger partial charge >= 0.3 is 5.97 Å². The Morgan fingerprint density at radius 3 is 2.81 bits per heavy atom. The Bertz CT molecular complexity index is 324. The van der Waals surface area contributed by atoms with Gasteiger partial charge in [0.1, 0.15) is 6.04 Å². The maximum Gasteiger partial charge on any atom is 0.327 e. The van der Waals surface area contributed by atoms with E-state index in [-0.39, 0.29) is 17.7 Å². The van der Waals surface area contributed by atoms with Crippen molar-refractivity contribution in [2.45, 2.75) is 37.6 Å². The maximum absolute atomic E-state index is 11.8. The zero-order chi connectivity index (χ0) is 12.1. The van der Waals surface area contributed by atoms with Crippen LogP contribution in [-0.2, 0) is 9.59 Å². The Morgan fingerprint density at radius 1 is 1.62 bits per heavy atom. The lowest BCUT2D eigenvalue weighted by atomic mass is 10.2. The van der Waals surface area contributed by atoms with Crippen molar-refractivity contribution in [2.24, 2.45) is 0 Å². The average molecular weight is 241 g/mol. The molecule has 88 valence electrons. The molecule has 1 aliphatic rings. The third-order valence-corrected chi connectivity index (χ3v) is 3.95. The topological polar surface area (TPSA) is 57.6 Å². The molecule has 1 N–H and O–H groups in total. The molecule has 1 saturated heterocycles. The predicted molar refractivity (Wildman–Crippen MR) is 62.9 cm³/mol. The van der Waals surface area contributed by atoms with Gasteiger partial charge in [0.25, 0.3) is 0 Å². The van der Waals surface area contributed by atoms with Crippen LogP contribution >= 0.6 is 11.8 Å². The Kier molecular flexibility index (Phi) is 4.69. The van der Waals surface area contributed by atoms with Gasteiger partial charge in [-0.25, -0.2) is 4.79 Å². The summed E-state index contributed by atoms with van der Waals surface area (Å²) < 4.78 is 0. The SMILES string of the molecule is C#CCCC(=O)N1C(CC)SCC1C(=O)O. The number of hydrogen-bond acceptors (Lipinski definition) is 3. The monoisotopic (exact) mass is 241 g/mol. The van der Waals surface area contributed by atoms with E-state index in [4.69, 9.17) is 11.5 Å². The van der Waals surface area contributed by atoms with E-state index in [0.717, 1.165) is 6.42 Å². The minimum Gasteiger partial charge on any atom is -0.480 e. The molecule has 0 spiro atoms. The van der Waals surface area contributed by atoms with Gasteiger partial charge in [-0.05, 0) is 6.42 Å². The van der Waals surface area contributed by atoms with Gasteiger partial charge in [-0.1, -0.05) is 6.92 Å². The maximum atomic E-state index is 11.8. The molecule has 0 bridgehead atoms. The van der Waals surface area contributed by atoms with Crippen molar-refractivity contribution in [3.63, 3.8) is 0 Å². The Morgan fingerprint density at radius 2 is 2.31 bits per heavy atom. The fourth-order valence-electron chi connectivity index (χ4n) is 1.71. The van der Waals surface area contributed by atoms with Crippen LogP contribution in [0.3, 0.4) is 0 Å². The van der Waals surface area contributed by atoms with Crippen LogP contribution in [0.5, 0.6) is 0 Å². The first-order valence-corrected chi connectivity index (χ1v) is 6.25. The van der Waals surface area contributed by atoms with Crippen molar-refractivity contribution in [3.05, 3.63) is 0 Å².